The predicted octanol–water partition coefficient (Wildman–Crippen LogP) is 1.04. The maximum absolute atomic E-state index is 13.2. The molecule has 4 nitrogen and oxygen atoms in total. The molecule has 1 aliphatic heterocycles. The van der Waals surface area contributed by atoms with Crippen LogP contribution in [0.5, 0.6) is 0 Å². The molecule has 1 aromatic rings. The second-order valence-electron chi connectivity index (χ2n) is 4.11. The van der Waals surface area contributed by atoms with Crippen molar-refractivity contribution in [2.75, 3.05) is 31.7 Å². The van der Waals surface area contributed by atoms with Gasteiger partial charge in [-0.15, -0.1) is 0 Å². The number of nitrogens with zero attached hydrogens (tertiary/aromatic N) is 1. The van der Waals surface area contributed by atoms with E-state index in [1.54, 1.807) is 0 Å². The summed E-state index contributed by atoms with van der Waals surface area (Å²) in [6.07, 6.45) is 0. The molecule has 0 saturated carbocycles. The van der Waals surface area contributed by atoms with Crippen LogP contribution >= 0.6 is 0 Å². The normalized spacial score (nSPS) is 15.6. The lowest BCUT2D eigenvalue weighted by Gasteiger charge is -2.40. The summed E-state index contributed by atoms with van der Waals surface area (Å²) in [7, 11) is 1.29. The highest BCUT2D eigenvalue weighted by atomic mass is 19.1. The highest BCUT2D eigenvalue weighted by molar-refractivity contribution is 5.96. The molecule has 0 aromatic heterocycles. The number of carbonyl (C=O) groups excluding carboxylic acids is 1. The minimum absolute atomic E-state index is 0.110. The number of esters is 1. The first kappa shape index (κ1) is 11.9. The molecule has 1 aliphatic rings. The summed E-state index contributed by atoms with van der Waals surface area (Å²) in [4.78, 5) is 13.4. The van der Waals surface area contributed by atoms with Crippen molar-refractivity contribution in [2.45, 2.75) is 0 Å². The highest BCUT2D eigenvalue weighted by Crippen LogP contribution is 2.29. The van der Waals surface area contributed by atoms with Gasteiger partial charge in [-0.3, -0.25) is 0 Å². The summed E-state index contributed by atoms with van der Waals surface area (Å²) >= 11 is 0. The summed E-state index contributed by atoms with van der Waals surface area (Å²) in [6.45, 7) is 1.37. The average molecular weight is 239 g/mol. The summed E-state index contributed by atoms with van der Waals surface area (Å²) in [6, 6.07) is 3.97. The van der Waals surface area contributed by atoms with Crippen molar-refractivity contribution >= 4 is 11.7 Å². The lowest BCUT2D eigenvalue weighted by atomic mass is 9.98. The van der Waals surface area contributed by atoms with Crippen LogP contribution < -0.4 is 4.90 Å². The van der Waals surface area contributed by atoms with Gasteiger partial charge in [0.15, 0.2) is 0 Å². The van der Waals surface area contributed by atoms with E-state index in [9.17, 15) is 9.18 Å². The van der Waals surface area contributed by atoms with Crippen LogP contribution in [0.3, 0.4) is 0 Å². The van der Waals surface area contributed by atoms with Gasteiger partial charge in [0.2, 0.25) is 0 Å². The zero-order valence-electron chi connectivity index (χ0n) is 9.52. The molecule has 0 radical (unpaired) electrons. The molecule has 2 rings (SSSR count). The number of ether oxygens (including phenoxy) is 1. The Bertz CT molecular complexity index is 430. The van der Waals surface area contributed by atoms with Crippen LogP contribution in [-0.2, 0) is 4.74 Å². The molecule has 17 heavy (non-hydrogen) atoms. The predicted molar refractivity (Wildman–Crippen MR) is 60.5 cm³/mol. The Kier molecular flexibility index (Phi) is 3.28. The Labute approximate surface area is 98.6 Å². The van der Waals surface area contributed by atoms with E-state index in [4.69, 9.17) is 5.11 Å². The summed E-state index contributed by atoms with van der Waals surface area (Å²) in [5.74, 6) is -0.670. The zero-order valence-corrected chi connectivity index (χ0v) is 9.52. The molecule has 0 atom stereocenters. The van der Waals surface area contributed by atoms with Crippen molar-refractivity contribution in [2.24, 2.45) is 5.92 Å². The number of rotatable bonds is 3. The first-order chi connectivity index (χ1) is 8.15. The van der Waals surface area contributed by atoms with Crippen LogP contribution in [0.4, 0.5) is 10.1 Å². The molecule has 0 bridgehead atoms. The van der Waals surface area contributed by atoms with Gasteiger partial charge < -0.3 is 14.7 Å². The first-order valence-corrected chi connectivity index (χ1v) is 5.39. The smallest absolute Gasteiger partial charge is 0.339 e. The number of halogens is 1. The molecule has 1 fully saturated rings. The van der Waals surface area contributed by atoms with Crippen LogP contribution in [0.25, 0.3) is 0 Å². The minimum atomic E-state index is -0.479. The Hall–Kier alpha value is -1.62. The van der Waals surface area contributed by atoms with Crippen molar-refractivity contribution < 1.29 is 19.0 Å². The molecule has 0 spiro atoms. The second kappa shape index (κ2) is 4.71. The Morgan fingerprint density at radius 1 is 1.59 bits per heavy atom. The van der Waals surface area contributed by atoms with E-state index in [-0.39, 0.29) is 18.3 Å². The third kappa shape index (κ3) is 2.24. The molecule has 5 heteroatoms. The van der Waals surface area contributed by atoms with E-state index in [0.29, 0.717) is 24.3 Å². The number of hydrogen-bond donors (Lipinski definition) is 1. The SMILES string of the molecule is COC(=O)c1ccc(F)cc1N1CC(CO)C1. The number of carbonyl (C=O) groups is 1. The lowest BCUT2D eigenvalue weighted by Crippen LogP contribution is -2.49. The third-order valence-corrected chi connectivity index (χ3v) is 2.92. The van der Waals surface area contributed by atoms with Crippen LogP contribution in [-0.4, -0.2) is 37.9 Å². The van der Waals surface area contributed by atoms with Crippen molar-refractivity contribution in [3.8, 4) is 0 Å². The number of methoxy groups -OCH3 is 1. The van der Waals surface area contributed by atoms with Gasteiger partial charge in [-0.2, -0.15) is 0 Å². The van der Waals surface area contributed by atoms with E-state index >= 15 is 0 Å². The molecular weight excluding hydrogens is 225 g/mol. The molecule has 1 N–H and O–H groups in total. The molecule has 1 saturated heterocycles. The van der Waals surface area contributed by atoms with Gasteiger partial charge in [-0.05, 0) is 18.2 Å². The van der Waals surface area contributed by atoms with Crippen LogP contribution in [0.2, 0.25) is 0 Å². The van der Waals surface area contributed by atoms with E-state index in [1.165, 1.54) is 25.3 Å². The van der Waals surface area contributed by atoms with E-state index in [1.807, 2.05) is 4.90 Å². The average Bonchev–Trinajstić information content (AvgIpc) is 2.27. The standard InChI is InChI=1S/C12H14FNO3/c1-17-12(16)10-3-2-9(13)4-11(10)14-5-8(6-14)7-15/h2-4,8,15H,5-7H2,1H3. The minimum Gasteiger partial charge on any atom is -0.465 e. The van der Waals surface area contributed by atoms with E-state index in [0.717, 1.165) is 0 Å². The fourth-order valence-corrected chi connectivity index (χ4v) is 1.93. The molecule has 0 aliphatic carbocycles. The van der Waals surface area contributed by atoms with Gasteiger partial charge in [0, 0.05) is 25.6 Å². The van der Waals surface area contributed by atoms with E-state index < -0.39 is 5.97 Å². The zero-order chi connectivity index (χ0) is 12.4. The maximum Gasteiger partial charge on any atom is 0.339 e. The molecule has 0 unspecified atom stereocenters. The number of hydrogen-bond acceptors (Lipinski definition) is 4. The summed E-state index contributed by atoms with van der Waals surface area (Å²) in [5, 5.41) is 8.94. The third-order valence-electron chi connectivity index (χ3n) is 2.92. The molecule has 92 valence electrons. The number of anilines is 1. The van der Waals surface area contributed by atoms with Crippen molar-refractivity contribution in [1.82, 2.24) is 0 Å². The van der Waals surface area contributed by atoms with Crippen molar-refractivity contribution in [3.05, 3.63) is 29.6 Å². The first-order valence-electron chi connectivity index (χ1n) is 5.39. The quantitative estimate of drug-likeness (QED) is 0.801. The van der Waals surface area contributed by atoms with Gasteiger partial charge in [-0.25, -0.2) is 9.18 Å². The highest BCUT2D eigenvalue weighted by Gasteiger charge is 2.29. The van der Waals surface area contributed by atoms with Crippen LogP contribution in [0.15, 0.2) is 18.2 Å². The molecule has 1 aromatic carbocycles. The lowest BCUT2D eigenvalue weighted by molar-refractivity contribution is 0.0601. The van der Waals surface area contributed by atoms with Gasteiger partial charge in [0.25, 0.3) is 0 Å². The van der Waals surface area contributed by atoms with Gasteiger partial charge >= 0.3 is 5.97 Å². The Balaban J connectivity index is 2.25. The monoisotopic (exact) mass is 239 g/mol. The van der Waals surface area contributed by atoms with Crippen molar-refractivity contribution in [1.29, 1.82) is 0 Å². The number of benzene rings is 1. The molecular formula is C12H14FNO3. The van der Waals surface area contributed by atoms with Crippen molar-refractivity contribution in [3.63, 3.8) is 0 Å². The van der Waals surface area contributed by atoms with Crippen LogP contribution in [0.1, 0.15) is 10.4 Å². The second-order valence-corrected chi connectivity index (χ2v) is 4.11. The van der Waals surface area contributed by atoms with Crippen LogP contribution in [0, 0.1) is 11.7 Å². The largest absolute Gasteiger partial charge is 0.465 e. The Morgan fingerprint density at radius 3 is 2.88 bits per heavy atom. The molecule has 0 amide bonds. The number of aliphatic hydroxyl groups is 1. The summed E-state index contributed by atoms with van der Waals surface area (Å²) < 4.78 is 17.8. The topological polar surface area (TPSA) is 49.8 Å². The summed E-state index contributed by atoms with van der Waals surface area (Å²) in [5.41, 5.74) is 0.881. The number of aliphatic hydroxyl groups excluding tert-OH is 1. The van der Waals surface area contributed by atoms with E-state index in [2.05, 4.69) is 4.74 Å². The fourth-order valence-electron chi connectivity index (χ4n) is 1.93. The van der Waals surface area contributed by atoms with Gasteiger partial charge in [-0.1, -0.05) is 0 Å². The van der Waals surface area contributed by atoms with Gasteiger partial charge in [0.1, 0.15) is 5.82 Å². The Morgan fingerprint density at radius 2 is 2.29 bits per heavy atom. The molecule has 1 heterocycles. The maximum atomic E-state index is 13.2. The van der Waals surface area contributed by atoms with Gasteiger partial charge in [0.05, 0.1) is 18.4 Å². The fraction of sp³-hybridized carbons (Fsp3) is 0.417.